The first kappa shape index (κ1) is 18.4. The minimum absolute atomic E-state index is 0.234. The predicted molar refractivity (Wildman–Crippen MR) is 101 cm³/mol. The van der Waals surface area contributed by atoms with Crippen molar-refractivity contribution in [2.24, 2.45) is 0 Å². The number of aryl methyl sites for hydroxylation is 3. The van der Waals surface area contributed by atoms with Gasteiger partial charge in [0.15, 0.2) is 6.61 Å². The highest BCUT2D eigenvalue weighted by molar-refractivity contribution is 5.95. The fraction of sp³-hybridized carbons (Fsp3) is 0.250. The third-order valence-corrected chi connectivity index (χ3v) is 4.17. The number of aromatic amines is 1. The van der Waals surface area contributed by atoms with E-state index in [0.717, 1.165) is 16.6 Å². The number of hydrogen-bond donors (Lipinski definition) is 3. The van der Waals surface area contributed by atoms with Crippen LogP contribution in [0.1, 0.15) is 32.9 Å². The van der Waals surface area contributed by atoms with Crippen LogP contribution in [-0.4, -0.2) is 33.6 Å². The molecule has 3 rings (SSSR count). The summed E-state index contributed by atoms with van der Waals surface area (Å²) in [6.07, 6.45) is 0. The van der Waals surface area contributed by atoms with E-state index in [0.29, 0.717) is 28.3 Å². The predicted octanol–water partition coefficient (Wildman–Crippen LogP) is 2.88. The smallest absolute Gasteiger partial charge is 0.341 e. The molecule has 0 saturated carbocycles. The van der Waals surface area contributed by atoms with Crippen LogP contribution in [0.15, 0.2) is 30.3 Å². The Kier molecular flexibility index (Phi) is 5.12. The lowest BCUT2D eigenvalue weighted by Crippen LogP contribution is -2.23. The van der Waals surface area contributed by atoms with E-state index in [1.54, 1.807) is 26.0 Å². The molecule has 0 bridgehead atoms. The molecule has 1 aromatic heterocycles. The molecule has 0 aliphatic rings. The van der Waals surface area contributed by atoms with Crippen molar-refractivity contribution in [2.45, 2.75) is 27.3 Å². The molecule has 0 spiro atoms. The first-order chi connectivity index (χ1) is 12.8. The zero-order valence-corrected chi connectivity index (χ0v) is 15.4. The summed E-state index contributed by atoms with van der Waals surface area (Å²) in [6.45, 7) is 5.43. The molecule has 0 unspecified atom stereocenters. The molecule has 1 heterocycles. The Labute approximate surface area is 156 Å². The largest absolute Gasteiger partial charge is 0.481 e. The number of hydrogen-bond acceptors (Lipinski definition) is 4. The number of carbonyl (C=O) groups is 2. The summed E-state index contributed by atoms with van der Waals surface area (Å²) >= 11 is 0. The van der Waals surface area contributed by atoms with Crippen LogP contribution in [0, 0.1) is 20.8 Å². The third-order valence-electron chi connectivity index (χ3n) is 4.17. The van der Waals surface area contributed by atoms with Crippen molar-refractivity contribution in [3.63, 3.8) is 0 Å². The number of rotatable bonds is 6. The molecule has 7 nitrogen and oxygen atoms in total. The van der Waals surface area contributed by atoms with Crippen LogP contribution < -0.4 is 10.1 Å². The van der Waals surface area contributed by atoms with Gasteiger partial charge in [-0.3, -0.25) is 4.79 Å². The SMILES string of the molecule is Cc1ccc2nc(CNC(=O)c3cc(C)c(OCC(=O)O)c(C)c3)[nH]c2c1. The Hall–Kier alpha value is -3.35. The molecular weight excluding hydrogens is 346 g/mol. The van der Waals surface area contributed by atoms with E-state index in [9.17, 15) is 9.59 Å². The van der Waals surface area contributed by atoms with Crippen molar-refractivity contribution in [3.05, 3.63) is 58.4 Å². The number of nitrogens with zero attached hydrogens (tertiary/aromatic N) is 1. The monoisotopic (exact) mass is 367 g/mol. The van der Waals surface area contributed by atoms with Gasteiger partial charge in [0.05, 0.1) is 17.6 Å². The van der Waals surface area contributed by atoms with Crippen LogP contribution in [0.25, 0.3) is 11.0 Å². The van der Waals surface area contributed by atoms with E-state index in [1.807, 2.05) is 25.1 Å². The van der Waals surface area contributed by atoms with Gasteiger partial charge in [0.2, 0.25) is 0 Å². The normalized spacial score (nSPS) is 10.8. The molecule has 140 valence electrons. The standard InChI is InChI=1S/C20H21N3O4/c1-11-4-5-15-16(6-11)23-17(22-15)9-21-20(26)14-7-12(2)19(13(3)8-14)27-10-18(24)25/h4-8H,9-10H2,1-3H3,(H,21,26)(H,22,23)(H,24,25). The van der Waals surface area contributed by atoms with E-state index >= 15 is 0 Å². The molecule has 0 aliphatic carbocycles. The van der Waals surface area contributed by atoms with Crippen molar-refractivity contribution in [1.29, 1.82) is 0 Å². The topological polar surface area (TPSA) is 104 Å². The summed E-state index contributed by atoms with van der Waals surface area (Å²) in [5.74, 6) is -0.111. The van der Waals surface area contributed by atoms with E-state index in [1.165, 1.54) is 0 Å². The van der Waals surface area contributed by atoms with Crippen molar-refractivity contribution >= 4 is 22.9 Å². The maximum absolute atomic E-state index is 12.5. The van der Waals surface area contributed by atoms with Crippen LogP contribution in [-0.2, 0) is 11.3 Å². The molecule has 2 aromatic carbocycles. The number of carboxylic acids is 1. The lowest BCUT2D eigenvalue weighted by Gasteiger charge is -2.12. The number of aromatic nitrogens is 2. The average molecular weight is 367 g/mol. The van der Waals surface area contributed by atoms with Gasteiger partial charge in [0.25, 0.3) is 5.91 Å². The molecule has 1 amide bonds. The summed E-state index contributed by atoms with van der Waals surface area (Å²) in [7, 11) is 0. The Bertz CT molecular complexity index is 1000. The first-order valence-electron chi connectivity index (χ1n) is 8.53. The number of imidazole rings is 1. The maximum Gasteiger partial charge on any atom is 0.341 e. The van der Waals surface area contributed by atoms with Crippen LogP contribution in [0.3, 0.4) is 0 Å². The zero-order valence-electron chi connectivity index (χ0n) is 15.4. The van der Waals surface area contributed by atoms with E-state index in [4.69, 9.17) is 9.84 Å². The maximum atomic E-state index is 12.5. The molecule has 0 fully saturated rings. The Morgan fingerprint density at radius 1 is 1.15 bits per heavy atom. The summed E-state index contributed by atoms with van der Waals surface area (Å²) < 4.78 is 5.29. The number of benzene rings is 2. The van der Waals surface area contributed by atoms with Gasteiger partial charge in [-0.1, -0.05) is 6.07 Å². The number of aliphatic carboxylic acids is 1. The lowest BCUT2D eigenvalue weighted by atomic mass is 10.1. The summed E-state index contributed by atoms with van der Waals surface area (Å²) in [5.41, 5.74) is 4.83. The number of nitrogens with one attached hydrogen (secondary N) is 2. The van der Waals surface area contributed by atoms with Gasteiger partial charge in [-0.25, -0.2) is 9.78 Å². The first-order valence-corrected chi connectivity index (χ1v) is 8.53. The van der Waals surface area contributed by atoms with E-state index in [-0.39, 0.29) is 12.5 Å². The van der Waals surface area contributed by atoms with Gasteiger partial charge < -0.3 is 20.1 Å². The zero-order chi connectivity index (χ0) is 19.6. The highest BCUT2D eigenvalue weighted by Gasteiger charge is 2.13. The minimum atomic E-state index is -1.04. The Balaban J connectivity index is 1.70. The van der Waals surface area contributed by atoms with Crippen LogP contribution in [0.5, 0.6) is 5.75 Å². The quantitative estimate of drug-likeness (QED) is 0.621. The lowest BCUT2D eigenvalue weighted by molar-refractivity contribution is -0.139. The van der Waals surface area contributed by atoms with Gasteiger partial charge in [-0.15, -0.1) is 0 Å². The Morgan fingerprint density at radius 2 is 1.85 bits per heavy atom. The fourth-order valence-corrected chi connectivity index (χ4v) is 2.97. The van der Waals surface area contributed by atoms with Gasteiger partial charge >= 0.3 is 5.97 Å². The summed E-state index contributed by atoms with van der Waals surface area (Å²) in [6, 6.07) is 9.30. The minimum Gasteiger partial charge on any atom is -0.481 e. The van der Waals surface area contributed by atoms with Crippen LogP contribution in [0.2, 0.25) is 0 Å². The molecular formula is C20H21N3O4. The molecule has 0 radical (unpaired) electrons. The molecule has 0 aliphatic heterocycles. The second kappa shape index (κ2) is 7.49. The van der Waals surface area contributed by atoms with E-state index < -0.39 is 12.6 Å². The number of carbonyl (C=O) groups excluding carboxylic acids is 1. The summed E-state index contributed by atoms with van der Waals surface area (Å²) in [5, 5.41) is 11.6. The molecule has 0 atom stereocenters. The average Bonchev–Trinajstić information content (AvgIpc) is 3.00. The molecule has 27 heavy (non-hydrogen) atoms. The van der Waals surface area contributed by atoms with Crippen molar-refractivity contribution in [3.8, 4) is 5.75 Å². The van der Waals surface area contributed by atoms with Gasteiger partial charge in [0, 0.05) is 5.56 Å². The van der Waals surface area contributed by atoms with Crippen molar-refractivity contribution in [1.82, 2.24) is 15.3 Å². The third kappa shape index (κ3) is 4.25. The molecule has 0 saturated heterocycles. The Morgan fingerprint density at radius 3 is 2.52 bits per heavy atom. The summed E-state index contributed by atoms with van der Waals surface area (Å²) in [4.78, 5) is 30.8. The van der Waals surface area contributed by atoms with Crippen LogP contribution in [0.4, 0.5) is 0 Å². The number of fused-ring (bicyclic) bond motifs is 1. The number of amides is 1. The van der Waals surface area contributed by atoms with Gasteiger partial charge in [-0.05, 0) is 61.7 Å². The van der Waals surface area contributed by atoms with E-state index in [2.05, 4.69) is 15.3 Å². The molecule has 3 aromatic rings. The van der Waals surface area contributed by atoms with Crippen molar-refractivity contribution in [2.75, 3.05) is 6.61 Å². The van der Waals surface area contributed by atoms with Crippen LogP contribution >= 0.6 is 0 Å². The number of ether oxygens (including phenoxy) is 1. The second-order valence-electron chi connectivity index (χ2n) is 6.51. The van der Waals surface area contributed by atoms with Gasteiger partial charge in [-0.2, -0.15) is 0 Å². The second-order valence-corrected chi connectivity index (χ2v) is 6.51. The number of H-pyrrole nitrogens is 1. The van der Waals surface area contributed by atoms with Crippen molar-refractivity contribution < 1.29 is 19.4 Å². The molecule has 3 N–H and O–H groups in total. The highest BCUT2D eigenvalue weighted by atomic mass is 16.5. The highest BCUT2D eigenvalue weighted by Crippen LogP contribution is 2.25. The fourth-order valence-electron chi connectivity index (χ4n) is 2.97. The number of carboxylic acid groups (broad SMARTS) is 1. The molecule has 7 heteroatoms. The van der Waals surface area contributed by atoms with Gasteiger partial charge in [0.1, 0.15) is 11.6 Å².